The van der Waals surface area contributed by atoms with E-state index in [1.807, 2.05) is 37.3 Å². The molecule has 2 aliphatic rings. The number of hydrogen-bond donors (Lipinski definition) is 1. The second kappa shape index (κ2) is 14.7. The lowest BCUT2D eigenvalue weighted by molar-refractivity contribution is -0.114. The topological polar surface area (TPSA) is 96.6 Å². The Balaban J connectivity index is 1.48. The van der Waals surface area contributed by atoms with E-state index >= 15 is 0 Å². The quantitative estimate of drug-likeness (QED) is 0.138. The van der Waals surface area contributed by atoms with E-state index < -0.39 is 5.91 Å². The summed E-state index contributed by atoms with van der Waals surface area (Å²) in [6.45, 7) is 8.80. The van der Waals surface area contributed by atoms with Gasteiger partial charge in [-0.3, -0.25) is 10.2 Å². The average Bonchev–Trinajstić information content (AvgIpc) is 3.37. The Morgan fingerprint density at radius 3 is 2.56 bits per heavy atom. The summed E-state index contributed by atoms with van der Waals surface area (Å²) in [4.78, 5) is 17.2. The van der Waals surface area contributed by atoms with Crippen molar-refractivity contribution in [3.63, 3.8) is 0 Å². The van der Waals surface area contributed by atoms with Crippen molar-refractivity contribution in [3.8, 4) is 17.2 Å². The summed E-state index contributed by atoms with van der Waals surface area (Å²) in [5.41, 5.74) is 2.89. The number of amides is 1. The van der Waals surface area contributed by atoms with Gasteiger partial charge in [-0.15, -0.1) is 6.58 Å². The number of amidine groups is 2. The van der Waals surface area contributed by atoms with Gasteiger partial charge in [0.05, 0.1) is 12.7 Å². The second-order valence-electron chi connectivity index (χ2n) is 9.89. The number of aryl methyl sites for hydroxylation is 1. The van der Waals surface area contributed by atoms with E-state index in [-0.39, 0.29) is 11.4 Å². The van der Waals surface area contributed by atoms with Crippen LogP contribution >= 0.6 is 11.8 Å². The molecule has 9 heteroatoms. The number of nitrogens with one attached hydrogen (secondary N) is 1. The molecule has 0 aromatic heterocycles. The molecule has 0 saturated carbocycles. The molecule has 0 radical (unpaired) electrons. The van der Waals surface area contributed by atoms with Gasteiger partial charge >= 0.3 is 0 Å². The molecule has 0 fully saturated rings. The van der Waals surface area contributed by atoms with Gasteiger partial charge in [0.25, 0.3) is 5.91 Å². The number of unbranched alkanes of at least 4 members (excludes halogenated alkanes) is 4. The number of hydrogen-bond acceptors (Lipinski definition) is 7. The van der Waals surface area contributed by atoms with Gasteiger partial charge in [0.15, 0.2) is 17.3 Å². The van der Waals surface area contributed by atoms with Crippen LogP contribution in [0, 0.1) is 12.3 Å². The van der Waals surface area contributed by atoms with Crippen molar-refractivity contribution in [2.75, 3.05) is 20.3 Å². The molecule has 2 heterocycles. The highest BCUT2D eigenvalue weighted by Crippen LogP contribution is 2.36. The van der Waals surface area contributed by atoms with Gasteiger partial charge in [0, 0.05) is 5.56 Å². The first-order chi connectivity index (χ1) is 19.9. The summed E-state index contributed by atoms with van der Waals surface area (Å²) in [5, 5.41) is 16.1. The summed E-state index contributed by atoms with van der Waals surface area (Å²) in [7, 11) is 1.57. The molecule has 0 aliphatic carbocycles. The van der Waals surface area contributed by atoms with Crippen molar-refractivity contribution in [2.24, 2.45) is 10.1 Å². The standard InChI is InChI=1S/C32H38N4O4S/c1-5-7-8-9-10-12-28-35-36-30(33)26(31(37)34-32(36)41-28)20-23-19-24(11-6-2)29(27(21-23)38-4)40-18-17-39-25-15-13-22(3)14-16-25/h6,13-16,19-21,33H,2,5,7-12,17-18H2,1,3-4H3/b26-20-,33-30?. The van der Waals surface area contributed by atoms with E-state index in [1.54, 1.807) is 25.3 Å². The predicted molar refractivity (Wildman–Crippen MR) is 167 cm³/mol. The number of fused-ring (bicyclic) bond motifs is 1. The number of rotatable bonds is 15. The fraction of sp³-hybridized carbons (Fsp3) is 0.375. The van der Waals surface area contributed by atoms with Crippen LogP contribution in [0.25, 0.3) is 6.08 Å². The van der Waals surface area contributed by atoms with Crippen LogP contribution in [-0.2, 0) is 11.2 Å². The minimum Gasteiger partial charge on any atom is -0.493 e. The van der Waals surface area contributed by atoms with Gasteiger partial charge in [0.2, 0.25) is 5.17 Å². The Hall–Kier alpha value is -3.85. The van der Waals surface area contributed by atoms with E-state index in [0.717, 1.165) is 35.6 Å². The zero-order valence-electron chi connectivity index (χ0n) is 24.1. The van der Waals surface area contributed by atoms with Gasteiger partial charge in [-0.1, -0.05) is 56.4 Å². The highest BCUT2D eigenvalue weighted by atomic mass is 32.2. The van der Waals surface area contributed by atoms with E-state index in [0.29, 0.717) is 41.9 Å². The molecule has 41 heavy (non-hydrogen) atoms. The van der Waals surface area contributed by atoms with Crippen LogP contribution in [0.15, 0.2) is 64.7 Å². The van der Waals surface area contributed by atoms with E-state index in [1.165, 1.54) is 41.6 Å². The van der Waals surface area contributed by atoms with Crippen molar-refractivity contribution in [1.29, 1.82) is 5.41 Å². The highest BCUT2D eigenvalue weighted by molar-refractivity contribution is 8.26. The third-order valence-electron chi connectivity index (χ3n) is 6.66. The average molecular weight is 575 g/mol. The first-order valence-electron chi connectivity index (χ1n) is 14.1. The molecule has 0 spiro atoms. The minimum atomic E-state index is -0.453. The maximum Gasteiger partial charge on any atom is 0.283 e. The van der Waals surface area contributed by atoms with Crippen molar-refractivity contribution >= 4 is 39.8 Å². The summed E-state index contributed by atoms with van der Waals surface area (Å²) in [6.07, 6.45) is 10.6. The smallest absolute Gasteiger partial charge is 0.283 e. The molecule has 8 nitrogen and oxygen atoms in total. The number of allylic oxidation sites excluding steroid dienone is 1. The Morgan fingerprint density at radius 2 is 1.83 bits per heavy atom. The third kappa shape index (κ3) is 7.88. The molecule has 4 rings (SSSR count). The summed E-state index contributed by atoms with van der Waals surface area (Å²) in [5.74, 6) is 1.46. The van der Waals surface area contributed by atoms with E-state index in [9.17, 15) is 4.79 Å². The van der Waals surface area contributed by atoms with Crippen LogP contribution < -0.4 is 14.2 Å². The summed E-state index contributed by atoms with van der Waals surface area (Å²) >= 11 is 1.38. The summed E-state index contributed by atoms with van der Waals surface area (Å²) in [6, 6.07) is 11.6. The highest BCUT2D eigenvalue weighted by Gasteiger charge is 2.35. The molecule has 216 valence electrons. The zero-order chi connectivity index (χ0) is 29.2. The van der Waals surface area contributed by atoms with Crippen LogP contribution in [0.3, 0.4) is 0 Å². The number of nitrogens with zero attached hydrogens (tertiary/aromatic N) is 3. The Kier molecular flexibility index (Phi) is 10.8. The number of hydrazone groups is 1. The number of carbonyl (C=O) groups excluding carboxylic acids is 1. The molecular formula is C32H38N4O4S. The van der Waals surface area contributed by atoms with Gasteiger partial charge in [-0.05, 0) is 73.9 Å². The van der Waals surface area contributed by atoms with E-state index in [4.69, 9.17) is 19.6 Å². The molecule has 0 bridgehead atoms. The molecule has 2 aromatic carbocycles. The lowest BCUT2D eigenvalue weighted by Gasteiger charge is -2.20. The van der Waals surface area contributed by atoms with Crippen LogP contribution in [0.2, 0.25) is 0 Å². The second-order valence-corrected chi connectivity index (χ2v) is 10.9. The maximum atomic E-state index is 13.0. The van der Waals surface area contributed by atoms with Gasteiger partial charge < -0.3 is 14.2 Å². The molecule has 2 aliphatic heterocycles. The first kappa shape index (κ1) is 30.1. The van der Waals surface area contributed by atoms with Gasteiger partial charge in [-0.25, -0.2) is 0 Å². The number of carbonyl (C=O) groups is 1. The molecule has 2 aromatic rings. The number of aliphatic imine (C=N–C) groups is 1. The predicted octanol–water partition coefficient (Wildman–Crippen LogP) is 7.17. The SMILES string of the molecule is C=CCc1cc(/C=C2/C(=N)N3N=C(CCCCCCC)SC3=NC2=O)cc(OC)c1OCCOc1ccc(C)cc1. The number of benzene rings is 2. The minimum absolute atomic E-state index is 0.0197. The Labute approximate surface area is 246 Å². The number of methoxy groups -OCH3 is 1. The van der Waals surface area contributed by atoms with Crippen molar-refractivity contribution in [2.45, 2.75) is 58.8 Å². The maximum absolute atomic E-state index is 13.0. The fourth-order valence-corrected chi connectivity index (χ4v) is 5.43. The lowest BCUT2D eigenvalue weighted by atomic mass is 10.0. The molecule has 1 N–H and O–H groups in total. The van der Waals surface area contributed by atoms with Crippen LogP contribution in [0.4, 0.5) is 0 Å². The Morgan fingerprint density at radius 1 is 1.07 bits per heavy atom. The van der Waals surface area contributed by atoms with Crippen molar-refractivity contribution in [1.82, 2.24) is 5.01 Å². The van der Waals surface area contributed by atoms with Crippen LogP contribution in [0.5, 0.6) is 17.2 Å². The third-order valence-corrected chi connectivity index (χ3v) is 7.63. The monoisotopic (exact) mass is 574 g/mol. The zero-order valence-corrected chi connectivity index (χ0v) is 24.9. The summed E-state index contributed by atoms with van der Waals surface area (Å²) < 4.78 is 17.5. The molecule has 0 unspecified atom stereocenters. The van der Waals surface area contributed by atoms with Crippen LogP contribution in [0.1, 0.15) is 62.1 Å². The van der Waals surface area contributed by atoms with Crippen LogP contribution in [-0.4, -0.2) is 47.3 Å². The largest absolute Gasteiger partial charge is 0.493 e. The van der Waals surface area contributed by atoms with Crippen molar-refractivity contribution in [3.05, 3.63) is 71.3 Å². The number of ether oxygens (including phenoxy) is 3. The van der Waals surface area contributed by atoms with Crippen molar-refractivity contribution < 1.29 is 19.0 Å². The molecule has 0 saturated heterocycles. The molecule has 1 amide bonds. The molecule has 0 atom stereocenters. The normalized spacial score (nSPS) is 15.5. The Bertz CT molecular complexity index is 1360. The fourth-order valence-electron chi connectivity index (χ4n) is 4.51. The first-order valence-corrected chi connectivity index (χ1v) is 14.9. The van der Waals surface area contributed by atoms with E-state index in [2.05, 4.69) is 23.6 Å². The molecular weight excluding hydrogens is 536 g/mol. The van der Waals surface area contributed by atoms with Gasteiger partial charge in [-0.2, -0.15) is 15.1 Å². The number of thioether (sulfide) groups is 1. The lowest BCUT2D eigenvalue weighted by Crippen LogP contribution is -2.35. The van der Waals surface area contributed by atoms with Gasteiger partial charge in [0.1, 0.15) is 24.0 Å².